The summed E-state index contributed by atoms with van der Waals surface area (Å²) < 4.78 is 36.7. The maximum atomic E-state index is 11.8. The highest BCUT2D eigenvalue weighted by atomic mass is 31.2. The third-order valence-corrected chi connectivity index (χ3v) is 5.13. The summed E-state index contributed by atoms with van der Waals surface area (Å²) in [4.78, 5) is 21.3. The Labute approximate surface area is 151 Å². The number of nitrogens with two attached hydrogens (primary N) is 1. The van der Waals surface area contributed by atoms with Crippen LogP contribution >= 0.6 is 7.82 Å². The van der Waals surface area contributed by atoms with Crippen molar-refractivity contribution in [1.82, 2.24) is 0 Å². The average molecular weight is 389 g/mol. The van der Waals surface area contributed by atoms with E-state index in [-0.39, 0.29) is 13.2 Å². The van der Waals surface area contributed by atoms with Crippen LogP contribution in [0.2, 0.25) is 0 Å². The Bertz CT molecular complexity index is 628. The van der Waals surface area contributed by atoms with Crippen LogP contribution in [0.4, 0.5) is 4.79 Å². The van der Waals surface area contributed by atoms with Gasteiger partial charge in [0.2, 0.25) is 0 Å². The number of carbonyl (C=O) groups excluding carboxylic acids is 1. The van der Waals surface area contributed by atoms with Crippen molar-refractivity contribution in [1.29, 1.82) is 0 Å². The smallest absolute Gasteiger partial charge is 0.434 e. The molecule has 146 valence electrons. The van der Waals surface area contributed by atoms with Crippen molar-refractivity contribution in [2.45, 2.75) is 31.3 Å². The first kappa shape index (κ1) is 20.8. The van der Waals surface area contributed by atoms with E-state index in [2.05, 4.69) is 4.52 Å². The SMILES string of the molecule is COC1[C@@H](OP(=O)(O)OC)[C@@H](COC(=O)OCc2ccccc2)C[C@@H]1N. The highest BCUT2D eigenvalue weighted by Gasteiger charge is 2.46. The fourth-order valence-electron chi connectivity index (χ4n) is 2.88. The molecule has 0 aromatic heterocycles. The summed E-state index contributed by atoms with van der Waals surface area (Å²) in [6.45, 7) is -0.00441. The first-order valence-electron chi connectivity index (χ1n) is 8.05. The monoisotopic (exact) mass is 389 g/mol. The van der Waals surface area contributed by atoms with Gasteiger partial charge in [0.05, 0.1) is 6.10 Å². The maximum Gasteiger partial charge on any atom is 0.508 e. The van der Waals surface area contributed by atoms with E-state index in [9.17, 15) is 14.3 Å². The molecule has 2 unspecified atom stereocenters. The van der Waals surface area contributed by atoms with E-state index in [1.165, 1.54) is 7.11 Å². The van der Waals surface area contributed by atoms with Crippen molar-refractivity contribution >= 4 is 14.0 Å². The maximum absolute atomic E-state index is 11.8. The summed E-state index contributed by atoms with van der Waals surface area (Å²) in [5.74, 6) is -0.435. The number of hydrogen-bond acceptors (Lipinski definition) is 8. The number of rotatable bonds is 8. The predicted octanol–water partition coefficient (Wildman–Crippen LogP) is 1.83. The number of phosphoric acid groups is 1. The predicted molar refractivity (Wildman–Crippen MR) is 91.2 cm³/mol. The molecule has 0 heterocycles. The molecule has 5 atom stereocenters. The van der Waals surface area contributed by atoms with Gasteiger partial charge in [-0.25, -0.2) is 9.36 Å². The number of ether oxygens (including phenoxy) is 3. The average Bonchev–Trinajstić information content (AvgIpc) is 2.93. The van der Waals surface area contributed by atoms with Gasteiger partial charge in [-0.1, -0.05) is 30.3 Å². The molecule has 1 fully saturated rings. The normalized spacial score (nSPS) is 27.7. The van der Waals surface area contributed by atoms with Crippen molar-refractivity contribution < 1.29 is 37.5 Å². The zero-order valence-corrected chi connectivity index (χ0v) is 15.5. The molecule has 10 heteroatoms. The third-order valence-electron chi connectivity index (χ3n) is 4.16. The minimum atomic E-state index is -4.24. The topological polar surface area (TPSA) is 127 Å². The molecular formula is C16H24NO8P. The van der Waals surface area contributed by atoms with Crippen LogP contribution in [-0.2, 0) is 34.4 Å². The molecule has 0 bridgehead atoms. The van der Waals surface area contributed by atoms with Crippen molar-refractivity contribution in [2.75, 3.05) is 20.8 Å². The van der Waals surface area contributed by atoms with Gasteiger partial charge in [0.15, 0.2) is 0 Å². The van der Waals surface area contributed by atoms with Crippen LogP contribution in [0, 0.1) is 5.92 Å². The number of hydrogen-bond donors (Lipinski definition) is 2. The summed E-state index contributed by atoms with van der Waals surface area (Å²) in [6.07, 6.45) is -1.94. The Balaban J connectivity index is 1.89. The van der Waals surface area contributed by atoms with Gasteiger partial charge >= 0.3 is 14.0 Å². The number of phosphoric ester groups is 1. The van der Waals surface area contributed by atoms with Crippen LogP contribution < -0.4 is 5.73 Å². The highest BCUT2D eigenvalue weighted by molar-refractivity contribution is 7.47. The van der Waals surface area contributed by atoms with Gasteiger partial charge in [0.25, 0.3) is 0 Å². The molecule has 1 aliphatic rings. The molecule has 2 rings (SSSR count). The van der Waals surface area contributed by atoms with E-state index in [1.54, 1.807) is 0 Å². The second kappa shape index (κ2) is 9.45. The number of methoxy groups -OCH3 is 1. The zero-order valence-electron chi connectivity index (χ0n) is 14.6. The minimum Gasteiger partial charge on any atom is -0.434 e. The summed E-state index contributed by atoms with van der Waals surface area (Å²) in [5, 5.41) is 0. The van der Waals surface area contributed by atoms with Crippen molar-refractivity contribution in [3.63, 3.8) is 0 Å². The quantitative estimate of drug-likeness (QED) is 0.506. The Hall–Kier alpha value is -1.48. The van der Waals surface area contributed by atoms with Crippen molar-refractivity contribution in [3.8, 4) is 0 Å². The Morgan fingerprint density at radius 1 is 1.23 bits per heavy atom. The summed E-state index contributed by atoms with van der Waals surface area (Å²) >= 11 is 0. The largest absolute Gasteiger partial charge is 0.508 e. The van der Waals surface area contributed by atoms with Crippen LogP contribution in [0.1, 0.15) is 12.0 Å². The van der Waals surface area contributed by atoms with E-state index in [4.69, 9.17) is 24.5 Å². The fraction of sp³-hybridized carbons (Fsp3) is 0.562. The van der Waals surface area contributed by atoms with Gasteiger partial charge in [-0.3, -0.25) is 9.05 Å². The lowest BCUT2D eigenvalue weighted by Gasteiger charge is -2.25. The van der Waals surface area contributed by atoms with Gasteiger partial charge in [-0.05, 0) is 12.0 Å². The molecule has 0 amide bonds. The van der Waals surface area contributed by atoms with Gasteiger partial charge in [-0.15, -0.1) is 0 Å². The number of benzene rings is 1. The van der Waals surface area contributed by atoms with Gasteiger partial charge in [0, 0.05) is 26.2 Å². The van der Waals surface area contributed by atoms with Crippen molar-refractivity contribution in [2.24, 2.45) is 11.7 Å². The van der Waals surface area contributed by atoms with Gasteiger partial charge in [-0.2, -0.15) is 0 Å². The molecule has 0 saturated heterocycles. The molecule has 1 saturated carbocycles. The minimum absolute atomic E-state index is 0.0833. The third kappa shape index (κ3) is 5.77. The molecule has 1 aromatic rings. The lowest BCUT2D eigenvalue weighted by atomic mass is 10.1. The summed E-state index contributed by atoms with van der Waals surface area (Å²) in [6, 6.07) is 8.73. The molecular weight excluding hydrogens is 365 g/mol. The summed E-state index contributed by atoms with van der Waals surface area (Å²) in [7, 11) is -1.76. The van der Waals surface area contributed by atoms with Crippen molar-refractivity contribution in [3.05, 3.63) is 35.9 Å². The van der Waals surface area contributed by atoms with Crippen LogP contribution in [0.25, 0.3) is 0 Å². The van der Waals surface area contributed by atoms with Crippen LogP contribution in [-0.4, -0.2) is 50.1 Å². The standard InChI is InChI=1S/C16H24NO8P/c1-21-15-13(17)8-12(14(15)25-26(19,20)22-2)10-24-16(18)23-9-11-6-4-3-5-7-11/h3-7,12-15H,8-10,17H2,1-2H3,(H,19,20)/t12-,13+,14+,15?/m1/s1. The Morgan fingerprint density at radius 3 is 2.54 bits per heavy atom. The van der Waals surface area contributed by atoms with Crippen LogP contribution in [0.15, 0.2) is 30.3 Å². The zero-order chi connectivity index (χ0) is 19.2. The molecule has 1 aromatic carbocycles. The fourth-order valence-corrected chi connectivity index (χ4v) is 3.56. The second-order valence-electron chi connectivity index (χ2n) is 5.92. The Kier molecular flexibility index (Phi) is 7.57. The molecule has 0 spiro atoms. The van der Waals surface area contributed by atoms with E-state index in [0.717, 1.165) is 12.7 Å². The first-order valence-corrected chi connectivity index (χ1v) is 9.54. The second-order valence-corrected chi connectivity index (χ2v) is 7.43. The van der Waals surface area contributed by atoms with E-state index in [0.29, 0.717) is 6.42 Å². The summed E-state index contributed by atoms with van der Waals surface area (Å²) in [5.41, 5.74) is 6.81. The molecule has 9 nitrogen and oxygen atoms in total. The molecule has 1 aliphatic carbocycles. The Morgan fingerprint density at radius 2 is 1.92 bits per heavy atom. The molecule has 3 N–H and O–H groups in total. The van der Waals surface area contributed by atoms with Gasteiger partial charge < -0.3 is 24.8 Å². The lowest BCUT2D eigenvalue weighted by Crippen LogP contribution is -2.39. The highest BCUT2D eigenvalue weighted by Crippen LogP contribution is 2.47. The number of carbonyl (C=O) groups is 1. The van der Waals surface area contributed by atoms with E-state index in [1.807, 2.05) is 30.3 Å². The molecule has 0 radical (unpaired) electrons. The van der Waals surface area contributed by atoms with Crippen LogP contribution in [0.5, 0.6) is 0 Å². The van der Waals surface area contributed by atoms with E-state index < -0.39 is 38.1 Å². The van der Waals surface area contributed by atoms with E-state index >= 15 is 0 Å². The lowest BCUT2D eigenvalue weighted by molar-refractivity contribution is -0.0305. The van der Waals surface area contributed by atoms with Crippen LogP contribution in [0.3, 0.4) is 0 Å². The van der Waals surface area contributed by atoms with Gasteiger partial charge in [0.1, 0.15) is 19.3 Å². The molecule has 0 aliphatic heterocycles. The first-order chi connectivity index (χ1) is 12.4. The molecule has 26 heavy (non-hydrogen) atoms.